The Morgan fingerprint density at radius 3 is 2.15 bits per heavy atom. The van der Waals surface area contributed by atoms with E-state index in [-0.39, 0.29) is 13.3 Å². The Bertz CT molecular complexity index is 219. The minimum Gasteiger partial charge on any atom is -0.368 e. The third-order valence-corrected chi connectivity index (χ3v) is 1.91. The van der Waals surface area contributed by atoms with Crippen LogP contribution in [0.3, 0.4) is 0 Å². The smallest absolute Gasteiger partial charge is 0.154 e. The van der Waals surface area contributed by atoms with E-state index in [1.807, 2.05) is 37.3 Å². The molecule has 0 fully saturated rings. The molecule has 0 saturated heterocycles. The summed E-state index contributed by atoms with van der Waals surface area (Å²) in [6, 6.07) is 9.82. The number of hydrogen-bond donors (Lipinski definition) is 2. The van der Waals surface area contributed by atoms with E-state index < -0.39 is 6.29 Å². The Kier molecular flexibility index (Phi) is 5.35. The number of aliphatic hydroxyl groups excluding tert-OH is 1. The lowest BCUT2D eigenvalue weighted by atomic mass is 10.0. The molecule has 0 aliphatic rings. The first-order valence-electron chi connectivity index (χ1n) is 4.10. The molecule has 1 aromatic rings. The summed E-state index contributed by atoms with van der Waals surface area (Å²) < 4.78 is 0. The van der Waals surface area contributed by atoms with Crippen molar-refractivity contribution >= 4 is 0 Å². The zero-order valence-electron chi connectivity index (χ0n) is 7.14. The second-order valence-electron chi connectivity index (χ2n) is 3.08. The standard InChI is InChI=1S/C10H14O2.CH4/c1-8(10(11)12)7-9-5-3-2-4-6-9;/h2-6,8,10-12H,7H2,1H3;1H4. The van der Waals surface area contributed by atoms with Crippen LogP contribution in [0.1, 0.15) is 19.9 Å². The van der Waals surface area contributed by atoms with Gasteiger partial charge in [0.2, 0.25) is 0 Å². The quantitative estimate of drug-likeness (QED) is 0.700. The molecule has 0 aliphatic carbocycles. The largest absolute Gasteiger partial charge is 0.368 e. The first-order valence-corrected chi connectivity index (χ1v) is 4.10. The molecule has 0 heterocycles. The predicted octanol–water partition coefficient (Wildman–Crippen LogP) is 1.81. The average molecular weight is 182 g/mol. The lowest BCUT2D eigenvalue weighted by Gasteiger charge is -2.12. The van der Waals surface area contributed by atoms with Crippen LogP contribution >= 0.6 is 0 Å². The van der Waals surface area contributed by atoms with Crippen molar-refractivity contribution in [3.8, 4) is 0 Å². The second-order valence-corrected chi connectivity index (χ2v) is 3.08. The van der Waals surface area contributed by atoms with Gasteiger partial charge >= 0.3 is 0 Å². The summed E-state index contributed by atoms with van der Waals surface area (Å²) in [5.74, 6) is -0.104. The molecule has 1 unspecified atom stereocenters. The highest BCUT2D eigenvalue weighted by atomic mass is 16.5. The normalized spacial score (nSPS) is 12.3. The van der Waals surface area contributed by atoms with Crippen LogP contribution in [0.4, 0.5) is 0 Å². The van der Waals surface area contributed by atoms with Crippen molar-refractivity contribution < 1.29 is 10.2 Å². The van der Waals surface area contributed by atoms with Gasteiger partial charge in [0.05, 0.1) is 0 Å². The van der Waals surface area contributed by atoms with Crippen LogP contribution in [-0.4, -0.2) is 16.5 Å². The predicted molar refractivity (Wildman–Crippen MR) is 54.3 cm³/mol. The summed E-state index contributed by atoms with van der Waals surface area (Å²) in [6.45, 7) is 1.82. The fourth-order valence-corrected chi connectivity index (χ4v) is 1.09. The zero-order chi connectivity index (χ0) is 8.97. The molecule has 13 heavy (non-hydrogen) atoms. The highest BCUT2D eigenvalue weighted by Crippen LogP contribution is 2.09. The SMILES string of the molecule is C.CC(Cc1ccccc1)C(O)O. The van der Waals surface area contributed by atoms with Gasteiger partial charge in [-0.15, -0.1) is 0 Å². The summed E-state index contributed by atoms with van der Waals surface area (Å²) in [6.07, 6.45) is -0.511. The maximum atomic E-state index is 8.84. The van der Waals surface area contributed by atoms with E-state index in [9.17, 15) is 0 Å². The third-order valence-electron chi connectivity index (χ3n) is 1.91. The monoisotopic (exact) mass is 182 g/mol. The average Bonchev–Trinajstić information content (AvgIpc) is 2.06. The molecular weight excluding hydrogens is 164 g/mol. The molecule has 2 N–H and O–H groups in total. The number of rotatable bonds is 3. The summed E-state index contributed by atoms with van der Waals surface area (Å²) in [5, 5.41) is 17.7. The fraction of sp³-hybridized carbons (Fsp3) is 0.455. The molecule has 0 aliphatic heterocycles. The van der Waals surface area contributed by atoms with E-state index in [0.29, 0.717) is 6.42 Å². The molecule has 0 bridgehead atoms. The van der Waals surface area contributed by atoms with Gasteiger partial charge in [-0.1, -0.05) is 44.7 Å². The lowest BCUT2D eigenvalue weighted by molar-refractivity contribution is -0.0780. The van der Waals surface area contributed by atoms with E-state index in [1.165, 1.54) is 0 Å². The van der Waals surface area contributed by atoms with E-state index in [4.69, 9.17) is 10.2 Å². The number of hydrogen-bond acceptors (Lipinski definition) is 2. The maximum absolute atomic E-state index is 8.84. The minimum absolute atomic E-state index is 0. The van der Waals surface area contributed by atoms with E-state index in [2.05, 4.69) is 0 Å². The van der Waals surface area contributed by atoms with Gasteiger partial charge in [-0.05, 0) is 12.0 Å². The van der Waals surface area contributed by atoms with Crippen molar-refractivity contribution in [2.24, 2.45) is 5.92 Å². The van der Waals surface area contributed by atoms with Crippen LogP contribution in [0.15, 0.2) is 30.3 Å². The van der Waals surface area contributed by atoms with Crippen LogP contribution in [0.2, 0.25) is 0 Å². The molecule has 2 nitrogen and oxygen atoms in total. The van der Waals surface area contributed by atoms with Gasteiger partial charge < -0.3 is 10.2 Å². The molecule has 0 radical (unpaired) electrons. The highest BCUT2D eigenvalue weighted by molar-refractivity contribution is 5.15. The minimum atomic E-state index is -1.22. The van der Waals surface area contributed by atoms with E-state index in [1.54, 1.807) is 0 Å². The van der Waals surface area contributed by atoms with E-state index >= 15 is 0 Å². The van der Waals surface area contributed by atoms with Gasteiger partial charge in [0.25, 0.3) is 0 Å². The van der Waals surface area contributed by atoms with Gasteiger partial charge in [0.1, 0.15) is 0 Å². The molecule has 74 valence electrons. The molecule has 1 aromatic carbocycles. The number of aliphatic hydroxyl groups is 2. The fourth-order valence-electron chi connectivity index (χ4n) is 1.09. The van der Waals surface area contributed by atoms with Crippen molar-refractivity contribution in [2.45, 2.75) is 27.1 Å². The summed E-state index contributed by atoms with van der Waals surface area (Å²) >= 11 is 0. The summed E-state index contributed by atoms with van der Waals surface area (Å²) in [7, 11) is 0. The van der Waals surface area contributed by atoms with Gasteiger partial charge in [0, 0.05) is 5.92 Å². The first-order chi connectivity index (χ1) is 5.70. The molecular formula is C11H18O2. The maximum Gasteiger partial charge on any atom is 0.154 e. The Morgan fingerprint density at radius 2 is 1.69 bits per heavy atom. The van der Waals surface area contributed by atoms with Crippen molar-refractivity contribution in [1.29, 1.82) is 0 Å². The molecule has 1 atom stereocenters. The van der Waals surface area contributed by atoms with Crippen LogP contribution in [-0.2, 0) is 6.42 Å². The first kappa shape index (κ1) is 12.1. The molecule has 2 heteroatoms. The molecule has 1 rings (SSSR count). The van der Waals surface area contributed by atoms with Crippen molar-refractivity contribution in [2.75, 3.05) is 0 Å². The molecule has 0 spiro atoms. The summed E-state index contributed by atoms with van der Waals surface area (Å²) in [4.78, 5) is 0. The van der Waals surface area contributed by atoms with Gasteiger partial charge in [-0.25, -0.2) is 0 Å². The zero-order valence-corrected chi connectivity index (χ0v) is 7.14. The van der Waals surface area contributed by atoms with Crippen molar-refractivity contribution in [3.05, 3.63) is 35.9 Å². The molecule has 0 saturated carbocycles. The van der Waals surface area contributed by atoms with Crippen LogP contribution < -0.4 is 0 Å². The Morgan fingerprint density at radius 1 is 1.15 bits per heavy atom. The van der Waals surface area contributed by atoms with Crippen LogP contribution in [0, 0.1) is 5.92 Å². The highest BCUT2D eigenvalue weighted by Gasteiger charge is 2.10. The van der Waals surface area contributed by atoms with Gasteiger partial charge in [-0.3, -0.25) is 0 Å². The lowest BCUT2D eigenvalue weighted by Crippen LogP contribution is -2.18. The van der Waals surface area contributed by atoms with Crippen molar-refractivity contribution in [3.63, 3.8) is 0 Å². The topological polar surface area (TPSA) is 40.5 Å². The van der Waals surface area contributed by atoms with Crippen molar-refractivity contribution in [1.82, 2.24) is 0 Å². The number of benzene rings is 1. The van der Waals surface area contributed by atoms with Gasteiger partial charge in [0.15, 0.2) is 6.29 Å². The van der Waals surface area contributed by atoms with Crippen LogP contribution in [0.25, 0.3) is 0 Å². The third kappa shape index (κ3) is 4.06. The van der Waals surface area contributed by atoms with Crippen LogP contribution in [0.5, 0.6) is 0 Å². The van der Waals surface area contributed by atoms with E-state index in [0.717, 1.165) is 5.56 Å². The molecule has 0 amide bonds. The Balaban J connectivity index is 0.00000144. The Labute approximate surface area is 79.9 Å². The second kappa shape index (κ2) is 5.73. The molecule has 0 aromatic heterocycles. The summed E-state index contributed by atoms with van der Waals surface area (Å²) in [5.41, 5.74) is 1.14. The van der Waals surface area contributed by atoms with Gasteiger partial charge in [-0.2, -0.15) is 0 Å². The Hall–Kier alpha value is -0.860.